The number of carbonyl (C=O) groups is 2. The maximum absolute atomic E-state index is 12.8. The van der Waals surface area contributed by atoms with Crippen LogP contribution in [-0.2, 0) is 14.3 Å². The zero-order valence-electron chi connectivity index (χ0n) is 13.4. The quantitative estimate of drug-likeness (QED) is 0.908. The van der Waals surface area contributed by atoms with E-state index in [1.807, 2.05) is 32.9 Å². The second-order valence-corrected chi connectivity index (χ2v) is 5.88. The molecular weight excluding hydrogens is 282 g/mol. The molecule has 1 aliphatic rings. The molecule has 1 aromatic carbocycles. The monoisotopic (exact) mass is 305 g/mol. The predicted molar refractivity (Wildman–Crippen MR) is 84.2 cm³/mol. The number of rotatable bonds is 5. The number of aliphatic carboxylic acids is 1. The van der Waals surface area contributed by atoms with Gasteiger partial charge in [-0.25, -0.2) is 0 Å². The van der Waals surface area contributed by atoms with Gasteiger partial charge in [0.1, 0.15) is 6.10 Å². The van der Waals surface area contributed by atoms with Crippen molar-refractivity contribution in [3.05, 3.63) is 28.8 Å². The Morgan fingerprint density at radius 2 is 1.91 bits per heavy atom. The Hall–Kier alpha value is -1.88. The highest BCUT2D eigenvalue weighted by Gasteiger charge is 2.30. The molecular formula is C17H23NO4. The minimum atomic E-state index is -0.910. The summed E-state index contributed by atoms with van der Waals surface area (Å²) in [5.41, 5.74) is 3.90. The van der Waals surface area contributed by atoms with E-state index in [4.69, 9.17) is 9.84 Å². The SMILES string of the molecule is Cc1cc(C)c(N(CCC(=O)O)C(=O)C2CCCO2)c(C)c1. The zero-order valence-corrected chi connectivity index (χ0v) is 13.4. The third-order valence-corrected chi connectivity index (χ3v) is 3.93. The van der Waals surface area contributed by atoms with Gasteiger partial charge in [0, 0.05) is 18.8 Å². The number of hydrogen-bond donors (Lipinski definition) is 1. The predicted octanol–water partition coefficient (Wildman–Crippen LogP) is 2.60. The van der Waals surface area contributed by atoms with Gasteiger partial charge in [-0.15, -0.1) is 0 Å². The van der Waals surface area contributed by atoms with Crippen molar-refractivity contribution >= 4 is 17.6 Å². The van der Waals surface area contributed by atoms with Crippen molar-refractivity contribution in [3.8, 4) is 0 Å². The summed E-state index contributed by atoms with van der Waals surface area (Å²) in [6, 6.07) is 4.03. The van der Waals surface area contributed by atoms with Crippen LogP contribution in [0.15, 0.2) is 12.1 Å². The highest BCUT2D eigenvalue weighted by atomic mass is 16.5. The number of nitrogens with zero attached hydrogens (tertiary/aromatic N) is 1. The molecule has 0 bridgehead atoms. The van der Waals surface area contributed by atoms with Crippen molar-refractivity contribution in [1.82, 2.24) is 0 Å². The summed E-state index contributed by atoms with van der Waals surface area (Å²) in [5.74, 6) is -1.04. The molecule has 5 nitrogen and oxygen atoms in total. The Morgan fingerprint density at radius 1 is 1.27 bits per heavy atom. The topological polar surface area (TPSA) is 66.8 Å². The molecule has 1 N–H and O–H groups in total. The third-order valence-electron chi connectivity index (χ3n) is 3.93. The van der Waals surface area contributed by atoms with E-state index in [0.29, 0.717) is 13.0 Å². The molecule has 1 saturated heterocycles. The lowest BCUT2D eigenvalue weighted by Gasteiger charge is -2.28. The minimum Gasteiger partial charge on any atom is -0.481 e. The van der Waals surface area contributed by atoms with E-state index in [9.17, 15) is 9.59 Å². The summed E-state index contributed by atoms with van der Waals surface area (Å²) in [6.07, 6.45) is 1.04. The third kappa shape index (κ3) is 3.65. The summed E-state index contributed by atoms with van der Waals surface area (Å²) in [7, 11) is 0. The molecule has 22 heavy (non-hydrogen) atoms. The van der Waals surface area contributed by atoms with Gasteiger partial charge in [-0.2, -0.15) is 0 Å². The lowest BCUT2D eigenvalue weighted by molar-refractivity contribution is -0.136. The van der Waals surface area contributed by atoms with Crippen molar-refractivity contribution in [2.75, 3.05) is 18.1 Å². The lowest BCUT2D eigenvalue weighted by Crippen LogP contribution is -2.41. The van der Waals surface area contributed by atoms with Crippen LogP contribution in [0.1, 0.15) is 36.0 Å². The first-order chi connectivity index (χ1) is 10.4. The molecule has 1 unspecified atom stereocenters. The van der Waals surface area contributed by atoms with Gasteiger partial charge in [0.05, 0.1) is 6.42 Å². The van der Waals surface area contributed by atoms with Crippen LogP contribution in [0, 0.1) is 20.8 Å². The Kier molecular flexibility index (Phi) is 5.19. The molecule has 5 heteroatoms. The Morgan fingerprint density at radius 3 is 2.41 bits per heavy atom. The van der Waals surface area contributed by atoms with Gasteiger partial charge in [-0.3, -0.25) is 9.59 Å². The number of carboxylic acid groups (broad SMARTS) is 1. The van der Waals surface area contributed by atoms with Crippen molar-refractivity contribution < 1.29 is 19.4 Å². The van der Waals surface area contributed by atoms with E-state index in [1.165, 1.54) is 0 Å². The van der Waals surface area contributed by atoms with Crippen molar-refractivity contribution in [2.45, 2.75) is 46.1 Å². The Bertz CT molecular complexity index is 553. The molecule has 1 atom stereocenters. The normalized spacial score (nSPS) is 17.5. The van der Waals surface area contributed by atoms with E-state index in [-0.39, 0.29) is 18.9 Å². The van der Waals surface area contributed by atoms with Crippen molar-refractivity contribution in [3.63, 3.8) is 0 Å². The summed E-state index contributed by atoms with van der Waals surface area (Å²) in [5, 5.41) is 8.97. The van der Waals surface area contributed by atoms with Crippen LogP contribution in [0.5, 0.6) is 0 Å². The molecule has 0 aromatic heterocycles. The number of aryl methyl sites for hydroxylation is 3. The highest BCUT2D eigenvalue weighted by molar-refractivity contribution is 5.98. The number of ether oxygens (including phenoxy) is 1. The first-order valence-corrected chi connectivity index (χ1v) is 7.62. The maximum Gasteiger partial charge on any atom is 0.305 e. The molecule has 2 rings (SSSR count). The van der Waals surface area contributed by atoms with Gasteiger partial charge in [0.25, 0.3) is 5.91 Å². The molecule has 1 heterocycles. The fourth-order valence-electron chi connectivity index (χ4n) is 3.08. The number of benzene rings is 1. The van der Waals surface area contributed by atoms with E-state index in [0.717, 1.165) is 28.8 Å². The van der Waals surface area contributed by atoms with Crippen molar-refractivity contribution in [1.29, 1.82) is 0 Å². The number of carboxylic acids is 1. The molecule has 0 aliphatic carbocycles. The van der Waals surface area contributed by atoms with Gasteiger partial charge < -0.3 is 14.7 Å². The maximum atomic E-state index is 12.8. The number of hydrogen-bond acceptors (Lipinski definition) is 3. The van der Waals surface area contributed by atoms with Gasteiger partial charge in [-0.05, 0) is 44.7 Å². The molecule has 1 fully saturated rings. The minimum absolute atomic E-state index is 0.0782. The summed E-state index contributed by atoms with van der Waals surface area (Å²) < 4.78 is 5.49. The van der Waals surface area contributed by atoms with Gasteiger partial charge in [0.2, 0.25) is 0 Å². The van der Waals surface area contributed by atoms with E-state index in [2.05, 4.69) is 0 Å². The molecule has 1 amide bonds. The Labute approximate surface area is 130 Å². The highest BCUT2D eigenvalue weighted by Crippen LogP contribution is 2.28. The van der Waals surface area contributed by atoms with Crippen molar-refractivity contribution in [2.24, 2.45) is 0 Å². The second-order valence-electron chi connectivity index (χ2n) is 5.88. The smallest absolute Gasteiger partial charge is 0.305 e. The van der Waals surface area contributed by atoms with Crippen LogP contribution in [0.25, 0.3) is 0 Å². The number of anilines is 1. The van der Waals surface area contributed by atoms with E-state index >= 15 is 0 Å². The molecule has 0 radical (unpaired) electrons. The van der Waals surface area contributed by atoms with Crippen LogP contribution < -0.4 is 4.90 Å². The van der Waals surface area contributed by atoms with Crippen LogP contribution in [0.3, 0.4) is 0 Å². The van der Waals surface area contributed by atoms with Gasteiger partial charge in [-0.1, -0.05) is 17.7 Å². The fraction of sp³-hybridized carbons (Fsp3) is 0.529. The number of amides is 1. The fourth-order valence-corrected chi connectivity index (χ4v) is 3.08. The number of carbonyl (C=O) groups excluding carboxylic acids is 1. The Balaban J connectivity index is 2.35. The van der Waals surface area contributed by atoms with Crippen LogP contribution in [0.4, 0.5) is 5.69 Å². The first kappa shape index (κ1) is 16.5. The molecule has 1 aromatic rings. The summed E-state index contributed by atoms with van der Waals surface area (Å²) in [6.45, 7) is 6.67. The molecule has 120 valence electrons. The molecule has 0 spiro atoms. The van der Waals surface area contributed by atoms with Crippen LogP contribution >= 0.6 is 0 Å². The lowest BCUT2D eigenvalue weighted by atomic mass is 10.0. The van der Waals surface area contributed by atoms with Crippen LogP contribution in [0.2, 0.25) is 0 Å². The van der Waals surface area contributed by atoms with E-state index in [1.54, 1.807) is 4.90 Å². The average Bonchev–Trinajstić information content (AvgIpc) is 2.94. The van der Waals surface area contributed by atoms with Crippen LogP contribution in [-0.4, -0.2) is 36.2 Å². The molecule has 1 aliphatic heterocycles. The summed E-state index contributed by atoms with van der Waals surface area (Å²) >= 11 is 0. The second kappa shape index (κ2) is 6.92. The largest absolute Gasteiger partial charge is 0.481 e. The zero-order chi connectivity index (χ0) is 16.3. The summed E-state index contributed by atoms with van der Waals surface area (Å²) in [4.78, 5) is 25.3. The van der Waals surface area contributed by atoms with E-state index < -0.39 is 12.1 Å². The molecule has 0 saturated carbocycles. The van der Waals surface area contributed by atoms with Gasteiger partial charge >= 0.3 is 5.97 Å². The standard InChI is InChI=1S/C17H23NO4/c1-11-9-12(2)16(13(3)10-11)18(7-6-15(19)20)17(21)14-5-4-8-22-14/h9-10,14H,4-8H2,1-3H3,(H,19,20). The van der Waals surface area contributed by atoms with Gasteiger partial charge in [0.15, 0.2) is 0 Å². The first-order valence-electron chi connectivity index (χ1n) is 7.62. The average molecular weight is 305 g/mol.